The van der Waals surface area contributed by atoms with E-state index in [1.54, 1.807) is 0 Å². The molecular weight excluding hydrogens is 799 g/mol. The van der Waals surface area contributed by atoms with Gasteiger partial charge in [0.25, 0.3) is 0 Å². The summed E-state index contributed by atoms with van der Waals surface area (Å²) in [6.07, 6.45) is 39.0. The van der Waals surface area contributed by atoms with E-state index in [4.69, 9.17) is 7.94 Å². The Kier molecular flexibility index (Phi) is 36.8. The predicted octanol–water partition coefficient (Wildman–Crippen LogP) is 16.7. The zero-order valence-electron chi connectivity index (χ0n) is 41.0. The van der Waals surface area contributed by atoms with Crippen LogP contribution in [0.5, 0.6) is 0 Å². The Balaban J connectivity index is 0. The fourth-order valence-electron chi connectivity index (χ4n) is 8.94. The molecule has 0 rings (SSSR count). The molecule has 0 N–H and O–H groups in total. The fourth-order valence-corrected chi connectivity index (χ4v) is 29.8. The number of rotatable bonds is 42. The number of hydrogen-bond acceptors (Lipinski definition) is 6. The van der Waals surface area contributed by atoms with E-state index >= 15 is 0 Å². The first-order valence-electron chi connectivity index (χ1n) is 25.5. The maximum atomic E-state index is 13.2. The Labute approximate surface area is 366 Å². The van der Waals surface area contributed by atoms with Crippen molar-refractivity contribution < 1.29 is 24.8 Å². The van der Waals surface area contributed by atoms with Crippen molar-refractivity contribution >= 4 is 33.9 Å². The van der Waals surface area contributed by atoms with Crippen LogP contribution < -0.4 is 0 Å². The molecule has 0 aromatic rings. The number of hydrogen-bond donors (Lipinski definition) is 0. The molecule has 0 radical (unpaired) electrons. The quantitative estimate of drug-likeness (QED) is 0.0448. The summed E-state index contributed by atoms with van der Waals surface area (Å²) in [6.45, 7) is 16.7. The second-order valence-corrected chi connectivity index (χ2v) is 33.8. The summed E-state index contributed by atoms with van der Waals surface area (Å²) in [5.74, 6) is 0.432. The first kappa shape index (κ1) is 60.8. The molecule has 0 spiro atoms. The molecule has 356 valence electrons. The van der Waals surface area contributed by atoms with Crippen LogP contribution >= 0.6 is 13.7 Å². The molecule has 0 aliphatic heterocycles. The minimum atomic E-state index is -3.45. The van der Waals surface area contributed by atoms with Crippen molar-refractivity contribution in [3.05, 3.63) is 0 Å². The average Bonchev–Trinajstić information content (AvgIpc) is 3.20. The van der Waals surface area contributed by atoms with Crippen LogP contribution in [0.4, 0.5) is 0 Å². The molecule has 6 nitrogen and oxygen atoms in total. The molecule has 0 bridgehead atoms. The van der Waals surface area contributed by atoms with Gasteiger partial charge in [0, 0.05) is 0 Å². The van der Waals surface area contributed by atoms with Crippen LogP contribution in [-0.2, 0) is 28.2 Å². The van der Waals surface area contributed by atoms with E-state index in [9.17, 15) is 16.8 Å². The average molecular weight is 905 g/mol. The van der Waals surface area contributed by atoms with E-state index in [2.05, 4.69) is 69.2 Å². The summed E-state index contributed by atoms with van der Waals surface area (Å²) in [4.78, 5) is 0. The molecule has 0 atom stereocenters. The van der Waals surface area contributed by atoms with E-state index in [1.807, 2.05) is 0 Å². The standard InChI is InChI=1S/2C24H53O3PS/c2*1-6-11-16-17-18-19-24-29(25,26)27-28(20-12-7-2,21-13-8-3,22-14-9-4)23-15-10-5/h2*6-24H2,1-5H3. The molecule has 58 heavy (non-hydrogen) atoms. The zero-order valence-corrected chi connectivity index (χ0v) is 44.5. The summed E-state index contributed by atoms with van der Waals surface area (Å²) in [5.41, 5.74) is 0. The third kappa shape index (κ3) is 27.0. The van der Waals surface area contributed by atoms with Crippen molar-refractivity contribution in [1.82, 2.24) is 0 Å². The molecule has 0 aliphatic rings. The molecule has 0 heterocycles. The summed E-state index contributed by atoms with van der Waals surface area (Å²) < 4.78 is 65.9. The molecule has 10 heteroatoms. The van der Waals surface area contributed by atoms with Crippen molar-refractivity contribution in [3.8, 4) is 0 Å². The van der Waals surface area contributed by atoms with Crippen molar-refractivity contribution in [2.45, 2.75) is 249 Å². The predicted molar refractivity (Wildman–Crippen MR) is 269 cm³/mol. The van der Waals surface area contributed by atoms with E-state index < -0.39 is 33.9 Å². The van der Waals surface area contributed by atoms with Gasteiger partial charge in [-0.15, -0.1) is 0 Å². The topological polar surface area (TPSA) is 86.7 Å². The second-order valence-electron chi connectivity index (χ2n) is 18.5. The van der Waals surface area contributed by atoms with Crippen molar-refractivity contribution in [2.24, 2.45) is 0 Å². The Hall–Kier alpha value is 0.680. The van der Waals surface area contributed by atoms with Gasteiger partial charge in [0.15, 0.2) is 0 Å². The van der Waals surface area contributed by atoms with Gasteiger partial charge in [0.2, 0.25) is 0 Å². The van der Waals surface area contributed by atoms with Crippen LogP contribution in [0.15, 0.2) is 0 Å². The van der Waals surface area contributed by atoms with Gasteiger partial charge in [-0.1, -0.05) is 0 Å². The van der Waals surface area contributed by atoms with Crippen LogP contribution in [0.25, 0.3) is 0 Å². The van der Waals surface area contributed by atoms with E-state index in [1.165, 1.54) is 38.5 Å². The van der Waals surface area contributed by atoms with Crippen LogP contribution in [0.2, 0.25) is 0 Å². The van der Waals surface area contributed by atoms with Crippen molar-refractivity contribution in [2.75, 3.05) is 60.8 Å². The normalized spacial score (nSPS) is 14.0. The van der Waals surface area contributed by atoms with Gasteiger partial charge in [-0.25, -0.2) is 0 Å². The Morgan fingerprint density at radius 1 is 0.259 bits per heavy atom. The van der Waals surface area contributed by atoms with Crippen LogP contribution in [0, 0.1) is 0 Å². The first-order valence-corrected chi connectivity index (χ1v) is 34.5. The van der Waals surface area contributed by atoms with E-state index in [-0.39, 0.29) is 11.5 Å². The van der Waals surface area contributed by atoms with Gasteiger partial charge in [-0.2, -0.15) is 0 Å². The molecule has 0 saturated carbocycles. The molecule has 0 unspecified atom stereocenters. The third-order valence-corrected chi connectivity index (χ3v) is 31.1. The van der Waals surface area contributed by atoms with Crippen LogP contribution in [0.3, 0.4) is 0 Å². The molecule has 0 amide bonds. The van der Waals surface area contributed by atoms with Gasteiger partial charge in [-0.05, 0) is 0 Å². The van der Waals surface area contributed by atoms with Gasteiger partial charge in [0.1, 0.15) is 0 Å². The molecule has 0 aromatic carbocycles. The molecule has 0 aliphatic carbocycles. The monoisotopic (exact) mass is 905 g/mol. The first-order chi connectivity index (χ1) is 27.6. The maximum absolute atomic E-state index is 13.2. The van der Waals surface area contributed by atoms with Crippen LogP contribution in [0.1, 0.15) is 249 Å². The van der Waals surface area contributed by atoms with Crippen molar-refractivity contribution in [1.29, 1.82) is 0 Å². The summed E-state index contributed by atoms with van der Waals surface area (Å²) in [5, 5.41) is 0. The molecular formula is C48H106O6P2S2. The van der Waals surface area contributed by atoms with Gasteiger partial charge in [0.05, 0.1) is 0 Å². The molecule has 0 saturated heterocycles. The summed E-state index contributed by atoms with van der Waals surface area (Å²) >= 11 is 0. The van der Waals surface area contributed by atoms with Gasteiger partial charge >= 0.3 is 368 Å². The van der Waals surface area contributed by atoms with Crippen LogP contribution in [-0.4, -0.2) is 77.6 Å². The summed E-state index contributed by atoms with van der Waals surface area (Å²) in [6, 6.07) is 0. The van der Waals surface area contributed by atoms with Gasteiger partial charge in [-0.3, -0.25) is 0 Å². The molecule has 0 aromatic heterocycles. The number of unbranched alkanes of at least 4 members (excludes halogenated alkanes) is 18. The summed E-state index contributed by atoms with van der Waals surface area (Å²) in [7, 11) is -6.91. The van der Waals surface area contributed by atoms with E-state index in [0.29, 0.717) is 0 Å². The SMILES string of the molecule is CCCCCCCCS(=O)(=O)OP(CCCC)(CCCC)(CCCC)CCCC.CCCCCCCCS(=O)(=O)OP(CCCC)(CCCC)(CCCC)CCCC. The third-order valence-electron chi connectivity index (χ3n) is 12.8. The minimum absolute atomic E-state index is 0.216. The van der Waals surface area contributed by atoms with Crippen molar-refractivity contribution in [3.63, 3.8) is 0 Å². The Morgan fingerprint density at radius 3 is 0.621 bits per heavy atom. The van der Waals surface area contributed by atoms with E-state index in [0.717, 1.165) is 191 Å². The Morgan fingerprint density at radius 2 is 0.431 bits per heavy atom. The fraction of sp³-hybridized carbons (Fsp3) is 1.00. The Bertz CT molecular complexity index is 984. The second kappa shape index (κ2) is 35.1. The zero-order chi connectivity index (χ0) is 44.2. The van der Waals surface area contributed by atoms with Gasteiger partial charge < -0.3 is 0 Å². The molecule has 0 fully saturated rings.